The monoisotopic (exact) mass is 263 g/mol. The van der Waals surface area contributed by atoms with Crippen molar-refractivity contribution in [2.24, 2.45) is 0 Å². The first-order chi connectivity index (χ1) is 9.24. The molecule has 6 heteroatoms. The Morgan fingerprint density at radius 2 is 1.63 bits per heavy atom. The summed E-state index contributed by atoms with van der Waals surface area (Å²) in [7, 11) is 4.79. The molecular formula is C13H17N3O3. The summed E-state index contributed by atoms with van der Waals surface area (Å²) >= 11 is 0. The summed E-state index contributed by atoms with van der Waals surface area (Å²) in [5.41, 5.74) is 0.819. The Kier molecular flexibility index (Phi) is 3.89. The number of hydrogen-bond donors (Lipinski definition) is 0. The smallest absolute Gasteiger partial charge is 0.167 e. The molecule has 1 heterocycles. The lowest BCUT2D eigenvalue weighted by Gasteiger charge is -2.14. The molecule has 0 unspecified atom stereocenters. The van der Waals surface area contributed by atoms with Crippen molar-refractivity contribution in [3.63, 3.8) is 0 Å². The van der Waals surface area contributed by atoms with Gasteiger partial charge in [0, 0.05) is 12.6 Å². The number of benzene rings is 1. The summed E-state index contributed by atoms with van der Waals surface area (Å²) in [4.78, 5) is 0. The van der Waals surface area contributed by atoms with Crippen LogP contribution in [-0.4, -0.2) is 36.1 Å². The summed E-state index contributed by atoms with van der Waals surface area (Å²) < 4.78 is 17.9. The number of nitrogens with zero attached hydrogens (tertiary/aromatic N) is 3. The number of ether oxygens (including phenoxy) is 3. The predicted octanol–water partition coefficient (Wildman–Crippen LogP) is 1.99. The number of rotatable bonds is 5. The molecule has 0 atom stereocenters. The molecule has 0 aliphatic carbocycles. The van der Waals surface area contributed by atoms with E-state index in [1.54, 1.807) is 33.7 Å². The van der Waals surface area contributed by atoms with E-state index in [1.807, 2.05) is 17.6 Å². The van der Waals surface area contributed by atoms with Gasteiger partial charge in [-0.05, 0) is 13.0 Å². The summed E-state index contributed by atoms with van der Waals surface area (Å²) in [5.74, 6) is 2.65. The summed E-state index contributed by atoms with van der Waals surface area (Å²) in [6, 6.07) is 3.62. The first-order valence-electron chi connectivity index (χ1n) is 5.93. The molecule has 0 bridgehead atoms. The number of methoxy groups -OCH3 is 3. The molecule has 1 aromatic carbocycles. The Morgan fingerprint density at radius 3 is 2.21 bits per heavy atom. The van der Waals surface area contributed by atoms with E-state index in [4.69, 9.17) is 14.2 Å². The first kappa shape index (κ1) is 13.2. The van der Waals surface area contributed by atoms with Gasteiger partial charge in [-0.15, -0.1) is 10.2 Å². The molecule has 0 fully saturated rings. The molecule has 0 N–H and O–H groups in total. The van der Waals surface area contributed by atoms with E-state index in [0.29, 0.717) is 17.2 Å². The Morgan fingerprint density at radius 1 is 1.00 bits per heavy atom. The molecule has 1 aromatic heterocycles. The fourth-order valence-electron chi connectivity index (χ4n) is 1.90. The van der Waals surface area contributed by atoms with Crippen LogP contribution in [0.4, 0.5) is 0 Å². The van der Waals surface area contributed by atoms with Gasteiger partial charge < -0.3 is 18.8 Å². The van der Waals surface area contributed by atoms with Crippen LogP contribution in [0.3, 0.4) is 0 Å². The molecule has 2 rings (SSSR count). The van der Waals surface area contributed by atoms with Crippen LogP contribution in [0, 0.1) is 0 Å². The highest BCUT2D eigenvalue weighted by Gasteiger charge is 2.17. The lowest BCUT2D eigenvalue weighted by molar-refractivity contribution is 0.349. The standard InChI is InChI=1S/C13H17N3O3/c1-5-16-8-14-15-13(16)9-6-11(18-3)12(19-4)7-10(9)17-2/h6-8H,5H2,1-4H3. The van der Waals surface area contributed by atoms with Crippen molar-refractivity contribution >= 4 is 0 Å². The minimum absolute atomic E-state index is 0.616. The second-order valence-corrected chi connectivity index (χ2v) is 3.85. The zero-order valence-corrected chi connectivity index (χ0v) is 11.5. The van der Waals surface area contributed by atoms with E-state index in [2.05, 4.69) is 10.2 Å². The van der Waals surface area contributed by atoms with Crippen molar-refractivity contribution in [1.82, 2.24) is 14.8 Å². The lowest BCUT2D eigenvalue weighted by Crippen LogP contribution is -2.00. The van der Waals surface area contributed by atoms with Crippen LogP contribution in [0.2, 0.25) is 0 Å². The predicted molar refractivity (Wildman–Crippen MR) is 70.8 cm³/mol. The average molecular weight is 263 g/mol. The van der Waals surface area contributed by atoms with Crippen LogP contribution < -0.4 is 14.2 Å². The van der Waals surface area contributed by atoms with Crippen LogP contribution in [0.5, 0.6) is 17.2 Å². The molecule has 0 saturated carbocycles. The van der Waals surface area contributed by atoms with Crippen molar-refractivity contribution in [3.05, 3.63) is 18.5 Å². The van der Waals surface area contributed by atoms with Crippen molar-refractivity contribution in [3.8, 4) is 28.6 Å². The van der Waals surface area contributed by atoms with E-state index in [1.165, 1.54) is 0 Å². The maximum atomic E-state index is 5.39. The topological polar surface area (TPSA) is 58.4 Å². The van der Waals surface area contributed by atoms with Crippen LogP contribution in [0.1, 0.15) is 6.92 Å². The van der Waals surface area contributed by atoms with Gasteiger partial charge in [0.25, 0.3) is 0 Å². The molecule has 0 aliphatic rings. The van der Waals surface area contributed by atoms with Gasteiger partial charge in [-0.25, -0.2) is 0 Å². The summed E-state index contributed by atoms with van der Waals surface area (Å²) in [5, 5.41) is 8.06. The molecule has 19 heavy (non-hydrogen) atoms. The maximum absolute atomic E-state index is 5.39. The highest BCUT2D eigenvalue weighted by molar-refractivity contribution is 5.69. The van der Waals surface area contributed by atoms with Crippen LogP contribution in [0.15, 0.2) is 18.5 Å². The van der Waals surface area contributed by atoms with Gasteiger partial charge >= 0.3 is 0 Å². The van der Waals surface area contributed by atoms with E-state index in [-0.39, 0.29) is 0 Å². The van der Waals surface area contributed by atoms with Gasteiger partial charge in [-0.2, -0.15) is 0 Å². The van der Waals surface area contributed by atoms with Crippen molar-refractivity contribution < 1.29 is 14.2 Å². The van der Waals surface area contributed by atoms with E-state index in [0.717, 1.165) is 17.9 Å². The largest absolute Gasteiger partial charge is 0.496 e. The van der Waals surface area contributed by atoms with Gasteiger partial charge in [0.05, 0.1) is 26.9 Å². The van der Waals surface area contributed by atoms with Crippen molar-refractivity contribution in [2.45, 2.75) is 13.5 Å². The third-order valence-electron chi connectivity index (χ3n) is 2.90. The number of aromatic nitrogens is 3. The van der Waals surface area contributed by atoms with Gasteiger partial charge in [0.2, 0.25) is 0 Å². The Hall–Kier alpha value is -2.24. The zero-order chi connectivity index (χ0) is 13.8. The Balaban J connectivity index is 2.61. The molecule has 2 aromatic rings. The molecule has 0 saturated heterocycles. The molecule has 0 radical (unpaired) electrons. The quantitative estimate of drug-likeness (QED) is 0.825. The third kappa shape index (κ3) is 2.33. The fourth-order valence-corrected chi connectivity index (χ4v) is 1.90. The minimum atomic E-state index is 0.616. The highest BCUT2D eigenvalue weighted by Crippen LogP contribution is 2.39. The van der Waals surface area contributed by atoms with Crippen LogP contribution >= 0.6 is 0 Å². The second-order valence-electron chi connectivity index (χ2n) is 3.85. The Bertz CT molecular complexity index is 566. The maximum Gasteiger partial charge on any atom is 0.167 e. The highest BCUT2D eigenvalue weighted by atomic mass is 16.5. The number of hydrogen-bond acceptors (Lipinski definition) is 5. The summed E-state index contributed by atoms with van der Waals surface area (Å²) in [6.45, 7) is 2.81. The number of aryl methyl sites for hydroxylation is 1. The van der Waals surface area contributed by atoms with Crippen LogP contribution in [0.25, 0.3) is 11.4 Å². The zero-order valence-electron chi connectivity index (χ0n) is 11.5. The minimum Gasteiger partial charge on any atom is -0.496 e. The normalized spacial score (nSPS) is 10.3. The van der Waals surface area contributed by atoms with Gasteiger partial charge in [0.15, 0.2) is 17.3 Å². The third-order valence-corrected chi connectivity index (χ3v) is 2.90. The second kappa shape index (κ2) is 5.60. The molecule has 0 aliphatic heterocycles. The van der Waals surface area contributed by atoms with Gasteiger partial charge in [0.1, 0.15) is 12.1 Å². The summed E-state index contributed by atoms with van der Waals surface area (Å²) in [6.07, 6.45) is 1.69. The molecule has 0 amide bonds. The van der Waals surface area contributed by atoms with Crippen molar-refractivity contribution in [1.29, 1.82) is 0 Å². The van der Waals surface area contributed by atoms with Crippen molar-refractivity contribution in [2.75, 3.05) is 21.3 Å². The van der Waals surface area contributed by atoms with Crippen LogP contribution in [-0.2, 0) is 6.54 Å². The lowest BCUT2D eigenvalue weighted by atomic mass is 10.1. The fraction of sp³-hybridized carbons (Fsp3) is 0.385. The van der Waals surface area contributed by atoms with Gasteiger partial charge in [-0.1, -0.05) is 0 Å². The van der Waals surface area contributed by atoms with E-state index >= 15 is 0 Å². The van der Waals surface area contributed by atoms with Gasteiger partial charge in [-0.3, -0.25) is 0 Å². The first-order valence-corrected chi connectivity index (χ1v) is 5.93. The van der Waals surface area contributed by atoms with E-state index in [9.17, 15) is 0 Å². The SMILES string of the molecule is CCn1cnnc1-c1cc(OC)c(OC)cc1OC. The average Bonchev–Trinajstić information content (AvgIpc) is 2.93. The Labute approximate surface area is 111 Å². The molecule has 0 spiro atoms. The molecule has 6 nitrogen and oxygen atoms in total. The molecular weight excluding hydrogens is 246 g/mol. The molecule has 102 valence electrons. The van der Waals surface area contributed by atoms with E-state index < -0.39 is 0 Å².